The van der Waals surface area contributed by atoms with E-state index in [-0.39, 0.29) is 17.5 Å². The lowest BCUT2D eigenvalue weighted by atomic mass is 9.86. The Morgan fingerprint density at radius 2 is 1.40 bits per heavy atom. The summed E-state index contributed by atoms with van der Waals surface area (Å²) in [4.78, 5) is 39.4. The number of benzene rings is 2. The number of alkyl halides is 2. The smallest absolute Gasteiger partial charge is 0.313 e. The molecule has 0 aromatic heterocycles. The Balaban J connectivity index is 0.000000239. The van der Waals surface area contributed by atoms with Crippen LogP contribution in [0.25, 0.3) is 0 Å². The molecular weight excluding hydrogens is 628 g/mol. The number of carbonyl (C=O) groups is 3. The summed E-state index contributed by atoms with van der Waals surface area (Å²) < 4.78 is 44.6. The molecule has 11 atom stereocenters. The number of ether oxygens (including phenoxy) is 3. The zero-order valence-corrected chi connectivity index (χ0v) is 27.8. The van der Waals surface area contributed by atoms with Gasteiger partial charge in [-0.1, -0.05) is 88.4 Å². The average molecular weight is 674 g/mol. The van der Waals surface area contributed by atoms with Gasteiger partial charge in [0.05, 0.1) is 18.5 Å². The van der Waals surface area contributed by atoms with Gasteiger partial charge < -0.3 is 24.4 Å². The number of aliphatic hydroxyl groups excluding tert-OH is 2. The molecule has 2 aromatic rings. The van der Waals surface area contributed by atoms with Crippen molar-refractivity contribution in [3.63, 3.8) is 0 Å². The third-order valence-electron chi connectivity index (χ3n) is 8.14. The standard InChI is InChI=1S/C17H18FNO5.C14H15FN2O3.2C2H6/c1-9(20)23-15-13-11(7-8-19-13)17(22)24-16(15)14(21)12(18)10-5-3-2-4-6-10;15-12(8-4-2-1-3-5-8)13(18)11-6-10-9(7-16-17-10)14(19)20-11;2*1-2/h2-6,8,11-16,21H,7H2,1H3;1-5,9-13,18H,6-7H2;2*1-2H3/t11?,12?,13?,14?,15?,16-;9?,10?,11-,12?,13?;;/m01../s1. The first-order chi connectivity index (χ1) is 23.2. The summed E-state index contributed by atoms with van der Waals surface area (Å²) in [5, 5.41) is 28.3. The minimum absolute atomic E-state index is 0.250. The number of rotatable bonds is 7. The van der Waals surface area contributed by atoms with Crippen molar-refractivity contribution < 1.29 is 47.6 Å². The number of carbonyl (C=O) groups excluding carboxylic acids is 3. The molecule has 0 aliphatic carbocycles. The zero-order chi connectivity index (χ0) is 35.4. The Labute approximate surface area is 279 Å². The monoisotopic (exact) mass is 673 g/mol. The zero-order valence-electron chi connectivity index (χ0n) is 27.8. The van der Waals surface area contributed by atoms with Crippen LogP contribution in [0.3, 0.4) is 0 Å². The summed E-state index contributed by atoms with van der Waals surface area (Å²) in [6.45, 7) is 9.53. The number of azo groups is 1. The van der Waals surface area contributed by atoms with Crippen molar-refractivity contribution in [2.24, 2.45) is 27.1 Å². The molecular formula is C35H45F2N3O8. The van der Waals surface area contributed by atoms with Gasteiger partial charge in [-0.05, 0) is 17.5 Å². The highest BCUT2D eigenvalue weighted by atomic mass is 19.1. The van der Waals surface area contributed by atoms with Crippen molar-refractivity contribution in [2.75, 3.05) is 6.54 Å². The van der Waals surface area contributed by atoms with Crippen LogP contribution in [0, 0.1) is 11.8 Å². The number of aliphatic imine (C=N–C) groups is 1. The lowest BCUT2D eigenvalue weighted by Gasteiger charge is -2.39. The molecule has 6 rings (SSSR count). The first-order valence-electron chi connectivity index (χ1n) is 16.4. The Kier molecular flexibility index (Phi) is 14.7. The molecule has 4 heterocycles. The van der Waals surface area contributed by atoms with Gasteiger partial charge in [-0.25, -0.2) is 8.78 Å². The van der Waals surface area contributed by atoms with E-state index in [9.17, 15) is 33.4 Å². The van der Waals surface area contributed by atoms with Gasteiger partial charge in [0.1, 0.15) is 30.3 Å². The summed E-state index contributed by atoms with van der Waals surface area (Å²) in [6.07, 6.45) is -7.39. The molecule has 2 N–H and O–H groups in total. The van der Waals surface area contributed by atoms with Crippen LogP contribution in [0.1, 0.15) is 70.9 Å². The number of fused-ring (bicyclic) bond motifs is 2. The van der Waals surface area contributed by atoms with Gasteiger partial charge in [0, 0.05) is 19.6 Å². The van der Waals surface area contributed by atoms with Crippen molar-refractivity contribution in [2.45, 2.75) is 102 Å². The molecule has 0 bridgehead atoms. The van der Waals surface area contributed by atoms with E-state index in [0.717, 1.165) is 0 Å². The molecule has 13 heteroatoms. The van der Waals surface area contributed by atoms with Crippen LogP contribution in [-0.2, 0) is 28.6 Å². The van der Waals surface area contributed by atoms with E-state index in [1.807, 2.05) is 27.7 Å². The molecule has 2 aromatic carbocycles. The number of hydrogen-bond acceptors (Lipinski definition) is 11. The van der Waals surface area contributed by atoms with E-state index < -0.39 is 72.7 Å². The first kappa shape index (κ1) is 38.3. The van der Waals surface area contributed by atoms with Gasteiger partial charge >= 0.3 is 17.9 Å². The highest BCUT2D eigenvalue weighted by Crippen LogP contribution is 2.37. The fourth-order valence-electron chi connectivity index (χ4n) is 5.80. The highest BCUT2D eigenvalue weighted by molar-refractivity contribution is 5.81. The second kappa shape index (κ2) is 18.4. The minimum Gasteiger partial charge on any atom is -0.459 e. The maximum Gasteiger partial charge on any atom is 0.313 e. The third-order valence-corrected chi connectivity index (χ3v) is 8.14. The highest BCUT2D eigenvalue weighted by Gasteiger charge is 2.53. The van der Waals surface area contributed by atoms with Crippen LogP contribution in [0.4, 0.5) is 8.78 Å². The molecule has 0 radical (unpaired) electrons. The maximum absolute atomic E-state index is 14.7. The fraction of sp³-hybridized carbons (Fsp3) is 0.543. The second-order valence-electron chi connectivity index (χ2n) is 11.1. The molecule has 9 unspecified atom stereocenters. The normalized spacial score (nSPS) is 28.9. The van der Waals surface area contributed by atoms with Crippen LogP contribution in [0.2, 0.25) is 0 Å². The molecule has 11 nitrogen and oxygen atoms in total. The summed E-state index contributed by atoms with van der Waals surface area (Å²) in [6, 6.07) is 15.5. The van der Waals surface area contributed by atoms with Gasteiger partial charge in [-0.15, -0.1) is 0 Å². The third kappa shape index (κ3) is 9.07. The molecule has 0 amide bonds. The van der Waals surface area contributed by atoms with E-state index >= 15 is 0 Å². The number of cyclic esters (lactones) is 2. The number of nitrogens with zero attached hydrogens (tertiary/aromatic N) is 3. The van der Waals surface area contributed by atoms with Crippen LogP contribution < -0.4 is 0 Å². The number of hydrogen-bond donors (Lipinski definition) is 2. The summed E-state index contributed by atoms with van der Waals surface area (Å²) in [5.74, 6) is -2.55. The topological polar surface area (TPSA) is 156 Å². The van der Waals surface area contributed by atoms with Crippen molar-refractivity contribution in [3.05, 3.63) is 71.8 Å². The van der Waals surface area contributed by atoms with Gasteiger partial charge in [-0.2, -0.15) is 10.2 Å². The largest absolute Gasteiger partial charge is 0.459 e. The predicted octanol–water partition coefficient (Wildman–Crippen LogP) is 5.25. The molecule has 0 spiro atoms. The number of halogens is 2. The predicted molar refractivity (Wildman–Crippen MR) is 173 cm³/mol. The van der Waals surface area contributed by atoms with Crippen molar-refractivity contribution in [1.29, 1.82) is 0 Å². The van der Waals surface area contributed by atoms with Gasteiger partial charge in [0.2, 0.25) is 0 Å². The molecule has 48 heavy (non-hydrogen) atoms. The summed E-state index contributed by atoms with van der Waals surface area (Å²) in [5.41, 5.74) is 0.617. The molecule has 262 valence electrons. The van der Waals surface area contributed by atoms with Crippen LogP contribution in [0.5, 0.6) is 0 Å². The fourth-order valence-corrected chi connectivity index (χ4v) is 5.80. The van der Waals surface area contributed by atoms with Crippen molar-refractivity contribution in [1.82, 2.24) is 0 Å². The Hall–Kier alpha value is -4.10. The Morgan fingerprint density at radius 1 is 0.854 bits per heavy atom. The minimum atomic E-state index is -1.79. The molecule has 4 aliphatic heterocycles. The van der Waals surface area contributed by atoms with Crippen LogP contribution in [-0.4, -0.2) is 83.5 Å². The molecule has 2 fully saturated rings. The van der Waals surface area contributed by atoms with Gasteiger partial charge in [0.25, 0.3) is 0 Å². The molecule has 4 aliphatic rings. The van der Waals surface area contributed by atoms with Gasteiger partial charge in [0.15, 0.2) is 24.6 Å². The Morgan fingerprint density at radius 3 is 1.96 bits per heavy atom. The number of esters is 3. The molecule has 2 saturated heterocycles. The summed E-state index contributed by atoms with van der Waals surface area (Å²) >= 11 is 0. The Bertz CT molecular complexity index is 1380. The van der Waals surface area contributed by atoms with Crippen molar-refractivity contribution >= 4 is 24.1 Å². The second-order valence-corrected chi connectivity index (χ2v) is 11.1. The van der Waals surface area contributed by atoms with Crippen LogP contribution >= 0.6 is 0 Å². The van der Waals surface area contributed by atoms with E-state index in [1.165, 1.54) is 19.1 Å². The van der Waals surface area contributed by atoms with Crippen molar-refractivity contribution in [3.8, 4) is 0 Å². The van der Waals surface area contributed by atoms with E-state index in [0.29, 0.717) is 24.9 Å². The average Bonchev–Trinajstić information content (AvgIpc) is 3.82. The number of aliphatic hydroxyl groups is 2. The van der Waals surface area contributed by atoms with E-state index in [2.05, 4.69) is 15.2 Å². The lowest BCUT2D eigenvalue weighted by Crippen LogP contribution is -2.57. The lowest BCUT2D eigenvalue weighted by molar-refractivity contribution is -0.200. The first-order valence-corrected chi connectivity index (χ1v) is 16.4. The quantitative estimate of drug-likeness (QED) is 0.298. The van der Waals surface area contributed by atoms with Gasteiger partial charge in [-0.3, -0.25) is 19.4 Å². The van der Waals surface area contributed by atoms with Crippen LogP contribution in [0.15, 0.2) is 75.9 Å². The van der Waals surface area contributed by atoms with E-state index in [4.69, 9.17) is 14.2 Å². The maximum atomic E-state index is 14.7. The molecule has 0 saturated carbocycles. The van der Waals surface area contributed by atoms with E-state index in [1.54, 1.807) is 54.7 Å². The summed E-state index contributed by atoms with van der Waals surface area (Å²) in [7, 11) is 0. The SMILES string of the molecule is CC.CC.CC(=O)OC1C2N=CCC2C(=O)O[C@H]1C(O)C(F)c1ccccc1.O=C1O[C@@H](C(O)C(F)c2ccccc2)CC2N=NCC12.